The van der Waals surface area contributed by atoms with E-state index in [1.165, 1.54) is 39.0 Å². The predicted octanol–water partition coefficient (Wildman–Crippen LogP) is 6.68. The number of esters is 1. The van der Waals surface area contributed by atoms with Crippen LogP contribution in [0.5, 0.6) is 17.2 Å². The van der Waals surface area contributed by atoms with Crippen molar-refractivity contribution < 1.29 is 19.0 Å². The van der Waals surface area contributed by atoms with Crippen LogP contribution in [0, 0.1) is 0 Å². The smallest absolute Gasteiger partial charge is 0.308 e. The Kier molecular flexibility index (Phi) is 9.67. The standard InChI is InChI=1S/C24H34O4/c1-4-6-8-12-16-26-22-18-23(27-17-13-9-7-5-2)24(28-19(3)25)21-15-11-10-14-20(21)22/h10-11,14-15,18H,4-9,12-13,16-17H2,1-3H3. The average Bonchev–Trinajstić information content (AvgIpc) is 2.69. The first-order valence-corrected chi connectivity index (χ1v) is 10.7. The Labute approximate surface area is 169 Å². The van der Waals surface area contributed by atoms with E-state index in [1.54, 1.807) is 0 Å². The minimum atomic E-state index is -0.353. The van der Waals surface area contributed by atoms with Crippen LogP contribution in [-0.2, 0) is 4.79 Å². The Morgan fingerprint density at radius 3 is 1.93 bits per heavy atom. The first-order valence-electron chi connectivity index (χ1n) is 10.7. The normalized spacial score (nSPS) is 10.8. The second kappa shape index (κ2) is 12.3. The van der Waals surface area contributed by atoms with Crippen molar-refractivity contribution in [3.63, 3.8) is 0 Å². The predicted molar refractivity (Wildman–Crippen MR) is 115 cm³/mol. The van der Waals surface area contributed by atoms with E-state index in [0.29, 0.717) is 24.7 Å². The summed E-state index contributed by atoms with van der Waals surface area (Å²) in [4.78, 5) is 11.7. The number of carbonyl (C=O) groups excluding carboxylic acids is 1. The monoisotopic (exact) mass is 386 g/mol. The van der Waals surface area contributed by atoms with Gasteiger partial charge < -0.3 is 14.2 Å². The largest absolute Gasteiger partial charge is 0.493 e. The van der Waals surface area contributed by atoms with Crippen molar-refractivity contribution in [2.24, 2.45) is 0 Å². The summed E-state index contributed by atoms with van der Waals surface area (Å²) in [6.45, 7) is 7.08. The van der Waals surface area contributed by atoms with Gasteiger partial charge in [0.2, 0.25) is 0 Å². The molecule has 0 heterocycles. The van der Waals surface area contributed by atoms with Gasteiger partial charge in [0.25, 0.3) is 0 Å². The molecule has 4 heteroatoms. The molecule has 0 fully saturated rings. The molecule has 4 nitrogen and oxygen atoms in total. The molecular formula is C24H34O4. The second-order valence-electron chi connectivity index (χ2n) is 7.16. The van der Waals surface area contributed by atoms with Gasteiger partial charge in [-0.1, -0.05) is 76.6 Å². The highest BCUT2D eigenvalue weighted by molar-refractivity contribution is 5.97. The molecule has 28 heavy (non-hydrogen) atoms. The molecule has 0 radical (unpaired) electrons. The van der Waals surface area contributed by atoms with Gasteiger partial charge in [0.1, 0.15) is 5.75 Å². The SMILES string of the molecule is CCCCCCOc1cc(OCCCCCC)c2ccccc2c1OC(C)=O. The number of hydrogen-bond acceptors (Lipinski definition) is 4. The number of ether oxygens (including phenoxy) is 3. The second-order valence-corrected chi connectivity index (χ2v) is 7.16. The highest BCUT2D eigenvalue weighted by Crippen LogP contribution is 2.42. The maximum atomic E-state index is 11.7. The summed E-state index contributed by atoms with van der Waals surface area (Å²) in [5.41, 5.74) is 0. The van der Waals surface area contributed by atoms with Gasteiger partial charge in [0, 0.05) is 23.8 Å². The lowest BCUT2D eigenvalue weighted by Crippen LogP contribution is -2.07. The molecule has 0 spiro atoms. The third kappa shape index (κ3) is 6.74. The molecule has 2 rings (SSSR count). The van der Waals surface area contributed by atoms with Crippen molar-refractivity contribution in [2.45, 2.75) is 72.1 Å². The molecule has 0 saturated heterocycles. The Hall–Kier alpha value is -2.23. The zero-order valence-corrected chi connectivity index (χ0v) is 17.6. The zero-order valence-electron chi connectivity index (χ0n) is 17.6. The maximum Gasteiger partial charge on any atom is 0.308 e. The lowest BCUT2D eigenvalue weighted by molar-refractivity contribution is -0.131. The highest BCUT2D eigenvalue weighted by atomic mass is 16.6. The molecule has 0 amide bonds. The van der Waals surface area contributed by atoms with E-state index >= 15 is 0 Å². The summed E-state index contributed by atoms with van der Waals surface area (Å²) >= 11 is 0. The fraction of sp³-hybridized carbons (Fsp3) is 0.542. The summed E-state index contributed by atoms with van der Waals surface area (Å²) in [6, 6.07) is 9.72. The van der Waals surface area contributed by atoms with Gasteiger partial charge in [-0.15, -0.1) is 0 Å². The van der Waals surface area contributed by atoms with Crippen LogP contribution >= 0.6 is 0 Å². The lowest BCUT2D eigenvalue weighted by atomic mass is 10.1. The Morgan fingerprint density at radius 2 is 1.36 bits per heavy atom. The Balaban J connectivity index is 2.24. The maximum absolute atomic E-state index is 11.7. The van der Waals surface area contributed by atoms with E-state index in [4.69, 9.17) is 14.2 Å². The summed E-state index contributed by atoms with van der Waals surface area (Å²) < 4.78 is 17.6. The van der Waals surface area contributed by atoms with Crippen molar-refractivity contribution in [2.75, 3.05) is 13.2 Å². The highest BCUT2D eigenvalue weighted by Gasteiger charge is 2.17. The number of hydrogen-bond donors (Lipinski definition) is 0. The molecule has 0 atom stereocenters. The van der Waals surface area contributed by atoms with Crippen molar-refractivity contribution in [1.29, 1.82) is 0 Å². The lowest BCUT2D eigenvalue weighted by Gasteiger charge is -2.17. The molecule has 0 N–H and O–H groups in total. The topological polar surface area (TPSA) is 44.8 Å². The Bertz CT molecular complexity index is 739. The van der Waals surface area contributed by atoms with Gasteiger partial charge in [-0.25, -0.2) is 0 Å². The van der Waals surface area contributed by atoms with Crippen LogP contribution in [0.15, 0.2) is 30.3 Å². The number of rotatable bonds is 13. The molecule has 0 aliphatic heterocycles. The minimum absolute atomic E-state index is 0.353. The summed E-state index contributed by atoms with van der Waals surface area (Å²) in [5, 5.41) is 1.78. The van der Waals surface area contributed by atoms with Crippen LogP contribution in [0.3, 0.4) is 0 Å². The third-order valence-corrected chi connectivity index (χ3v) is 4.68. The van der Waals surface area contributed by atoms with E-state index in [1.807, 2.05) is 30.3 Å². The summed E-state index contributed by atoms with van der Waals surface area (Å²) in [6.07, 6.45) is 9.12. The first-order chi connectivity index (χ1) is 13.7. The van der Waals surface area contributed by atoms with Crippen molar-refractivity contribution in [1.82, 2.24) is 0 Å². The molecule has 0 aromatic heterocycles. The van der Waals surface area contributed by atoms with Crippen LogP contribution in [0.2, 0.25) is 0 Å². The van der Waals surface area contributed by atoms with Gasteiger partial charge >= 0.3 is 5.97 Å². The first kappa shape index (κ1) is 22.1. The van der Waals surface area contributed by atoms with Gasteiger partial charge in [-0.3, -0.25) is 4.79 Å². The van der Waals surface area contributed by atoms with Crippen LogP contribution < -0.4 is 14.2 Å². The van der Waals surface area contributed by atoms with E-state index < -0.39 is 0 Å². The fourth-order valence-electron chi connectivity index (χ4n) is 3.19. The molecule has 0 unspecified atom stereocenters. The summed E-state index contributed by atoms with van der Waals surface area (Å²) in [5.74, 6) is 1.49. The average molecular weight is 387 g/mol. The molecule has 0 saturated carbocycles. The minimum Gasteiger partial charge on any atom is -0.493 e. The van der Waals surface area contributed by atoms with E-state index in [-0.39, 0.29) is 5.97 Å². The fourth-order valence-corrected chi connectivity index (χ4v) is 3.19. The number of benzene rings is 2. The van der Waals surface area contributed by atoms with Crippen LogP contribution in [0.25, 0.3) is 10.8 Å². The van der Waals surface area contributed by atoms with Gasteiger partial charge in [-0.05, 0) is 12.8 Å². The molecule has 154 valence electrons. The quantitative estimate of drug-likeness (QED) is 0.219. The zero-order chi connectivity index (χ0) is 20.2. The number of fused-ring (bicyclic) bond motifs is 1. The molecular weight excluding hydrogens is 352 g/mol. The Morgan fingerprint density at radius 1 is 0.786 bits per heavy atom. The van der Waals surface area contributed by atoms with E-state index in [9.17, 15) is 4.79 Å². The number of carbonyl (C=O) groups is 1. The van der Waals surface area contributed by atoms with Crippen LogP contribution in [0.1, 0.15) is 72.1 Å². The van der Waals surface area contributed by atoms with Crippen LogP contribution in [0.4, 0.5) is 0 Å². The summed E-state index contributed by atoms with van der Waals surface area (Å²) in [7, 11) is 0. The molecule has 0 bridgehead atoms. The van der Waals surface area contributed by atoms with Gasteiger partial charge in [0.05, 0.1) is 13.2 Å². The van der Waals surface area contributed by atoms with Gasteiger partial charge in [0.15, 0.2) is 11.5 Å². The molecule has 0 aliphatic carbocycles. The van der Waals surface area contributed by atoms with Crippen molar-refractivity contribution >= 4 is 16.7 Å². The van der Waals surface area contributed by atoms with E-state index in [2.05, 4.69) is 13.8 Å². The van der Waals surface area contributed by atoms with Crippen molar-refractivity contribution in [3.05, 3.63) is 30.3 Å². The van der Waals surface area contributed by atoms with Gasteiger partial charge in [-0.2, -0.15) is 0 Å². The molecule has 0 aliphatic rings. The third-order valence-electron chi connectivity index (χ3n) is 4.68. The van der Waals surface area contributed by atoms with Crippen LogP contribution in [-0.4, -0.2) is 19.2 Å². The molecule has 2 aromatic carbocycles. The number of unbranched alkanes of at least 4 members (excludes halogenated alkanes) is 6. The molecule has 2 aromatic rings. The van der Waals surface area contributed by atoms with E-state index in [0.717, 1.165) is 35.8 Å². The van der Waals surface area contributed by atoms with Crippen molar-refractivity contribution in [3.8, 4) is 17.2 Å².